The van der Waals surface area contributed by atoms with Gasteiger partial charge in [0.15, 0.2) is 11.6 Å². The van der Waals surface area contributed by atoms with E-state index in [1.54, 1.807) is 31.2 Å². The number of carbonyl (C=O) groups is 2. The zero-order valence-corrected chi connectivity index (χ0v) is 14.0. The minimum absolute atomic E-state index is 0.0525. The second kappa shape index (κ2) is 6.48. The van der Waals surface area contributed by atoms with Crippen LogP contribution in [0.3, 0.4) is 0 Å². The monoisotopic (exact) mass is 325 g/mol. The fourth-order valence-corrected chi connectivity index (χ4v) is 2.61. The summed E-state index contributed by atoms with van der Waals surface area (Å²) in [5, 5.41) is 0. The molecule has 2 aromatic rings. The number of rotatable bonds is 2. The van der Waals surface area contributed by atoms with Gasteiger partial charge in [-0.15, -0.1) is 0 Å². The van der Waals surface area contributed by atoms with Crippen LogP contribution >= 0.6 is 0 Å². The van der Waals surface area contributed by atoms with E-state index < -0.39 is 5.89 Å². The molecule has 0 bridgehead atoms. The normalized spacial score (nSPS) is 16.0. The van der Waals surface area contributed by atoms with Crippen molar-refractivity contribution in [2.75, 3.05) is 13.2 Å². The van der Waals surface area contributed by atoms with Crippen molar-refractivity contribution < 1.29 is 20.4 Å². The summed E-state index contributed by atoms with van der Waals surface area (Å²) >= 11 is 0. The first-order valence-corrected chi connectivity index (χ1v) is 7.83. The van der Waals surface area contributed by atoms with E-state index in [2.05, 4.69) is 0 Å². The van der Waals surface area contributed by atoms with Gasteiger partial charge in [-0.2, -0.15) is 0 Å². The van der Waals surface area contributed by atoms with Crippen molar-refractivity contribution in [3.63, 3.8) is 0 Å². The van der Waals surface area contributed by atoms with E-state index in [4.69, 9.17) is 10.8 Å². The molecule has 124 valence electrons. The number of benzene rings is 2. The molecular formula is C20H20O4. The Morgan fingerprint density at radius 1 is 0.917 bits per heavy atom. The minimum atomic E-state index is -0.961. The maximum absolute atomic E-state index is 11.7. The molecule has 3 rings (SSSR count). The smallest absolute Gasteiger partial charge is 0.159 e. The predicted molar refractivity (Wildman–Crippen MR) is 92.0 cm³/mol. The SMILES string of the molecule is [2H]C1(C)COc2cc(C(C)=O)ccc2-c2ccc(C(C)=O)cc2OC1. The molecule has 4 nitrogen and oxygen atoms in total. The lowest BCUT2D eigenvalue weighted by molar-refractivity contribution is 0.100. The van der Waals surface area contributed by atoms with Gasteiger partial charge >= 0.3 is 0 Å². The highest BCUT2D eigenvalue weighted by atomic mass is 16.5. The van der Waals surface area contributed by atoms with Gasteiger partial charge in [0, 0.05) is 29.5 Å². The van der Waals surface area contributed by atoms with Gasteiger partial charge in [-0.1, -0.05) is 19.1 Å². The number of ether oxygens (including phenoxy) is 2. The van der Waals surface area contributed by atoms with Crippen molar-refractivity contribution >= 4 is 11.6 Å². The van der Waals surface area contributed by atoms with Crippen molar-refractivity contribution in [1.29, 1.82) is 0 Å². The van der Waals surface area contributed by atoms with Crippen LogP contribution in [-0.4, -0.2) is 24.8 Å². The molecule has 0 radical (unpaired) electrons. The van der Waals surface area contributed by atoms with Crippen LogP contribution in [0.2, 0.25) is 0 Å². The predicted octanol–water partition coefficient (Wildman–Crippen LogP) is 4.17. The van der Waals surface area contributed by atoms with Gasteiger partial charge in [-0.05, 0) is 38.1 Å². The van der Waals surface area contributed by atoms with Gasteiger partial charge in [-0.25, -0.2) is 0 Å². The van der Waals surface area contributed by atoms with Crippen LogP contribution in [0.5, 0.6) is 11.5 Å². The van der Waals surface area contributed by atoms with E-state index in [1.807, 2.05) is 12.1 Å². The van der Waals surface area contributed by atoms with Crippen molar-refractivity contribution in [3.05, 3.63) is 47.5 Å². The van der Waals surface area contributed by atoms with Crippen LogP contribution in [0.15, 0.2) is 36.4 Å². The molecule has 0 saturated heterocycles. The Kier molecular flexibility index (Phi) is 4.03. The molecule has 0 fully saturated rings. The molecule has 0 unspecified atom stereocenters. The van der Waals surface area contributed by atoms with Crippen LogP contribution in [-0.2, 0) is 0 Å². The highest BCUT2D eigenvalue weighted by molar-refractivity contribution is 5.97. The Bertz CT molecular complexity index is 785. The molecule has 0 amide bonds. The Morgan fingerprint density at radius 2 is 1.33 bits per heavy atom. The number of fused-ring (bicyclic) bond motifs is 3. The van der Waals surface area contributed by atoms with E-state index in [1.165, 1.54) is 13.8 Å². The van der Waals surface area contributed by atoms with Crippen LogP contribution in [0.25, 0.3) is 11.1 Å². The van der Waals surface area contributed by atoms with Crippen molar-refractivity contribution in [2.45, 2.75) is 20.8 Å². The second-order valence-corrected chi connectivity index (χ2v) is 6.07. The standard InChI is InChI=1S/C20H20O4/c1-12-10-23-19-8-15(13(2)21)4-6-17(19)18-7-5-16(14(3)22)9-20(18)24-11-12/h4-9,12H,10-11H2,1-3H3/i12D. The van der Waals surface area contributed by atoms with E-state index in [9.17, 15) is 9.59 Å². The van der Waals surface area contributed by atoms with E-state index in [-0.39, 0.29) is 24.8 Å². The summed E-state index contributed by atoms with van der Waals surface area (Å²) in [4.78, 5) is 23.4. The maximum atomic E-state index is 11.7. The van der Waals surface area contributed by atoms with Crippen LogP contribution in [0.4, 0.5) is 0 Å². The minimum Gasteiger partial charge on any atom is -0.493 e. The number of hydrogen-bond acceptors (Lipinski definition) is 4. The molecule has 0 N–H and O–H groups in total. The average molecular weight is 325 g/mol. The van der Waals surface area contributed by atoms with Gasteiger partial charge in [-0.3, -0.25) is 9.59 Å². The molecule has 0 saturated carbocycles. The Labute approximate surface area is 142 Å². The summed E-state index contributed by atoms with van der Waals surface area (Å²) in [5.74, 6) is 0.00534. The quantitative estimate of drug-likeness (QED) is 0.778. The number of carbonyl (C=O) groups excluding carboxylic acids is 2. The van der Waals surface area contributed by atoms with Crippen molar-refractivity contribution in [2.24, 2.45) is 5.89 Å². The third-order valence-electron chi connectivity index (χ3n) is 4.01. The molecule has 1 heterocycles. The molecule has 24 heavy (non-hydrogen) atoms. The molecule has 0 aliphatic carbocycles. The molecule has 1 aliphatic heterocycles. The summed E-state index contributed by atoms with van der Waals surface area (Å²) in [5.41, 5.74) is 2.64. The molecule has 0 atom stereocenters. The Balaban J connectivity index is 2.20. The Morgan fingerprint density at radius 3 is 1.71 bits per heavy atom. The molecule has 0 spiro atoms. The summed E-state index contributed by atoms with van der Waals surface area (Å²) in [7, 11) is 0. The first-order valence-electron chi connectivity index (χ1n) is 8.33. The number of hydrogen-bond donors (Lipinski definition) is 0. The molecule has 1 aliphatic rings. The summed E-state index contributed by atoms with van der Waals surface area (Å²) in [6.07, 6.45) is 0. The maximum Gasteiger partial charge on any atom is 0.159 e. The van der Waals surface area contributed by atoms with Gasteiger partial charge in [0.05, 0.1) is 13.2 Å². The first-order chi connectivity index (χ1) is 11.8. The van der Waals surface area contributed by atoms with Crippen LogP contribution < -0.4 is 9.47 Å². The van der Waals surface area contributed by atoms with Crippen LogP contribution in [0, 0.1) is 5.89 Å². The molecule has 2 aromatic carbocycles. The molecular weight excluding hydrogens is 304 g/mol. The van der Waals surface area contributed by atoms with Gasteiger partial charge in [0.1, 0.15) is 11.5 Å². The third kappa shape index (κ3) is 3.18. The summed E-state index contributed by atoms with van der Waals surface area (Å²) in [6, 6.07) is 10.5. The Hall–Kier alpha value is -2.62. The summed E-state index contributed by atoms with van der Waals surface area (Å²) in [6.45, 7) is 4.99. The second-order valence-electron chi connectivity index (χ2n) is 6.07. The van der Waals surface area contributed by atoms with Crippen molar-refractivity contribution in [3.8, 4) is 22.6 Å². The lowest BCUT2D eigenvalue weighted by atomic mass is 9.98. The molecule has 4 heteroatoms. The fraction of sp³-hybridized carbons (Fsp3) is 0.300. The molecule has 0 aromatic heterocycles. The highest BCUT2D eigenvalue weighted by Crippen LogP contribution is 2.39. The first kappa shape index (κ1) is 14.9. The zero-order valence-electron chi connectivity index (χ0n) is 15.0. The van der Waals surface area contributed by atoms with Gasteiger partial charge in [0.25, 0.3) is 0 Å². The van der Waals surface area contributed by atoms with E-state index >= 15 is 0 Å². The van der Waals surface area contributed by atoms with Crippen molar-refractivity contribution in [1.82, 2.24) is 0 Å². The van der Waals surface area contributed by atoms with Gasteiger partial charge < -0.3 is 9.47 Å². The van der Waals surface area contributed by atoms with E-state index in [0.29, 0.717) is 22.6 Å². The fourth-order valence-electron chi connectivity index (χ4n) is 2.61. The average Bonchev–Trinajstić information content (AvgIpc) is 2.62. The van der Waals surface area contributed by atoms with Crippen LogP contribution in [0.1, 0.15) is 42.9 Å². The lowest BCUT2D eigenvalue weighted by Crippen LogP contribution is -2.16. The van der Waals surface area contributed by atoms with E-state index in [0.717, 1.165) is 11.1 Å². The lowest BCUT2D eigenvalue weighted by Gasteiger charge is -2.14. The number of Topliss-reactive ketones (excluding diaryl/α,β-unsaturated/α-hetero) is 2. The topological polar surface area (TPSA) is 52.6 Å². The third-order valence-corrected chi connectivity index (χ3v) is 4.01. The van der Waals surface area contributed by atoms with Gasteiger partial charge in [0.2, 0.25) is 0 Å². The highest BCUT2D eigenvalue weighted by Gasteiger charge is 2.19. The zero-order chi connectivity index (χ0) is 18.2. The largest absolute Gasteiger partial charge is 0.493 e. The number of ketones is 2. The summed E-state index contributed by atoms with van der Waals surface area (Å²) < 4.78 is 20.1.